The fourth-order valence-corrected chi connectivity index (χ4v) is 3.63. The molecule has 0 atom stereocenters. The molecule has 2 aromatic carbocycles. The Bertz CT molecular complexity index is 962. The van der Waals surface area contributed by atoms with Crippen LogP contribution in [0.4, 0.5) is 10.1 Å². The van der Waals surface area contributed by atoms with Crippen LogP contribution in [0.25, 0.3) is 0 Å². The Hall–Kier alpha value is -2.65. The van der Waals surface area contributed by atoms with E-state index in [1.165, 1.54) is 19.1 Å². The van der Waals surface area contributed by atoms with Crippen LogP contribution in [0.5, 0.6) is 11.5 Å². The van der Waals surface area contributed by atoms with Gasteiger partial charge in [-0.1, -0.05) is 0 Å². The number of hydrogen-bond acceptors (Lipinski definition) is 5. The molecule has 0 aliphatic carbocycles. The molecule has 0 bridgehead atoms. The van der Waals surface area contributed by atoms with E-state index in [1.54, 1.807) is 18.2 Å². The number of fused-ring (bicyclic) bond motifs is 1. The lowest BCUT2D eigenvalue weighted by molar-refractivity contribution is -0.116. The number of amides is 1. The van der Waals surface area contributed by atoms with E-state index < -0.39 is 15.8 Å². The standard InChI is InChI=1S/C18H19FN2O5S/c1-12-10-14(3-4-15(12)19)27(23,24)20-7-6-18(22)21-13-2-5-16-17(11-13)26-9-8-25-16/h2-5,10-11,20H,6-9H2,1H3,(H,21,22). The van der Waals surface area contributed by atoms with Gasteiger partial charge in [0.05, 0.1) is 4.90 Å². The number of sulfonamides is 1. The SMILES string of the molecule is Cc1cc(S(=O)(=O)NCCC(=O)Nc2ccc3c(c2)OCCO3)ccc1F. The molecule has 2 N–H and O–H groups in total. The van der Waals surface area contributed by atoms with Crippen molar-refractivity contribution in [2.24, 2.45) is 0 Å². The molecule has 0 saturated carbocycles. The van der Waals surface area contributed by atoms with Gasteiger partial charge in [-0.2, -0.15) is 0 Å². The molecule has 0 radical (unpaired) electrons. The van der Waals surface area contributed by atoms with Gasteiger partial charge in [0.15, 0.2) is 11.5 Å². The van der Waals surface area contributed by atoms with Crippen LogP contribution in [0.1, 0.15) is 12.0 Å². The molecule has 0 aromatic heterocycles. The predicted octanol–water partition coefficient (Wildman–Crippen LogP) is 2.21. The maximum Gasteiger partial charge on any atom is 0.240 e. The van der Waals surface area contributed by atoms with Crippen LogP contribution in [0.3, 0.4) is 0 Å². The molecule has 9 heteroatoms. The molecule has 1 aliphatic heterocycles. The Labute approximate surface area is 156 Å². The summed E-state index contributed by atoms with van der Waals surface area (Å²) in [7, 11) is -3.81. The van der Waals surface area contributed by atoms with E-state index in [9.17, 15) is 17.6 Å². The number of nitrogens with one attached hydrogen (secondary N) is 2. The third-order valence-corrected chi connectivity index (χ3v) is 5.37. The summed E-state index contributed by atoms with van der Waals surface area (Å²) >= 11 is 0. The Balaban J connectivity index is 1.54. The smallest absolute Gasteiger partial charge is 0.240 e. The second-order valence-corrected chi connectivity index (χ2v) is 7.73. The zero-order chi connectivity index (χ0) is 19.4. The first-order valence-electron chi connectivity index (χ1n) is 8.30. The molecule has 0 unspecified atom stereocenters. The lowest BCUT2D eigenvalue weighted by Gasteiger charge is -2.19. The summed E-state index contributed by atoms with van der Waals surface area (Å²) < 4.78 is 50.9. The normalized spacial score (nSPS) is 13.3. The van der Waals surface area contributed by atoms with Crippen molar-refractivity contribution in [1.29, 1.82) is 0 Å². The van der Waals surface area contributed by atoms with E-state index in [0.29, 0.717) is 30.4 Å². The number of ether oxygens (including phenoxy) is 2. The first-order valence-corrected chi connectivity index (χ1v) is 9.79. The summed E-state index contributed by atoms with van der Waals surface area (Å²) in [6, 6.07) is 8.55. The Morgan fingerprint density at radius 2 is 1.85 bits per heavy atom. The van der Waals surface area contributed by atoms with E-state index in [-0.39, 0.29) is 29.3 Å². The molecule has 0 spiro atoms. The quantitative estimate of drug-likeness (QED) is 0.784. The molecule has 1 heterocycles. The molecule has 0 fully saturated rings. The Morgan fingerprint density at radius 1 is 1.11 bits per heavy atom. The lowest BCUT2D eigenvalue weighted by atomic mass is 10.2. The van der Waals surface area contributed by atoms with E-state index >= 15 is 0 Å². The van der Waals surface area contributed by atoms with Crippen molar-refractivity contribution in [3.63, 3.8) is 0 Å². The maximum absolute atomic E-state index is 13.3. The fraction of sp³-hybridized carbons (Fsp3) is 0.278. The number of hydrogen-bond donors (Lipinski definition) is 2. The zero-order valence-electron chi connectivity index (χ0n) is 14.6. The average molecular weight is 394 g/mol. The van der Waals surface area contributed by atoms with E-state index in [4.69, 9.17) is 9.47 Å². The van der Waals surface area contributed by atoms with Gasteiger partial charge in [0.1, 0.15) is 19.0 Å². The third kappa shape index (κ3) is 4.75. The summed E-state index contributed by atoms with van der Waals surface area (Å²) in [5, 5.41) is 2.68. The van der Waals surface area contributed by atoms with Crippen molar-refractivity contribution >= 4 is 21.6 Å². The van der Waals surface area contributed by atoms with Crippen molar-refractivity contribution in [2.75, 3.05) is 25.1 Å². The minimum Gasteiger partial charge on any atom is -0.486 e. The molecule has 7 nitrogen and oxygen atoms in total. The van der Waals surface area contributed by atoms with Crippen LogP contribution in [0, 0.1) is 12.7 Å². The van der Waals surface area contributed by atoms with Crippen molar-refractivity contribution in [1.82, 2.24) is 4.72 Å². The zero-order valence-corrected chi connectivity index (χ0v) is 15.4. The van der Waals surface area contributed by atoms with Gasteiger partial charge in [0.25, 0.3) is 0 Å². The molecule has 3 rings (SSSR count). The summed E-state index contributed by atoms with van der Waals surface area (Å²) in [4.78, 5) is 12.0. The summed E-state index contributed by atoms with van der Waals surface area (Å²) in [5.74, 6) is 0.324. The first-order chi connectivity index (χ1) is 12.8. The van der Waals surface area contributed by atoms with Crippen LogP contribution < -0.4 is 19.5 Å². The molecule has 2 aromatic rings. The second-order valence-electron chi connectivity index (χ2n) is 5.97. The van der Waals surface area contributed by atoms with Gasteiger partial charge in [0.2, 0.25) is 15.9 Å². The van der Waals surface area contributed by atoms with Gasteiger partial charge in [-0.05, 0) is 42.8 Å². The van der Waals surface area contributed by atoms with Crippen LogP contribution in [0.2, 0.25) is 0 Å². The number of anilines is 1. The average Bonchev–Trinajstić information content (AvgIpc) is 2.63. The van der Waals surface area contributed by atoms with Gasteiger partial charge in [-0.3, -0.25) is 4.79 Å². The number of carbonyl (C=O) groups excluding carboxylic acids is 1. The molecular formula is C18H19FN2O5S. The van der Waals surface area contributed by atoms with Crippen LogP contribution in [-0.2, 0) is 14.8 Å². The highest BCUT2D eigenvalue weighted by atomic mass is 32.2. The lowest BCUT2D eigenvalue weighted by Crippen LogP contribution is -2.28. The van der Waals surface area contributed by atoms with Crippen LogP contribution in [-0.4, -0.2) is 34.1 Å². The van der Waals surface area contributed by atoms with Crippen LogP contribution in [0.15, 0.2) is 41.3 Å². The third-order valence-electron chi connectivity index (χ3n) is 3.91. The van der Waals surface area contributed by atoms with E-state index in [1.807, 2.05) is 0 Å². The molecule has 144 valence electrons. The van der Waals surface area contributed by atoms with E-state index in [0.717, 1.165) is 6.07 Å². The number of halogens is 1. The highest BCUT2D eigenvalue weighted by molar-refractivity contribution is 7.89. The van der Waals surface area contributed by atoms with Crippen molar-refractivity contribution in [3.8, 4) is 11.5 Å². The van der Waals surface area contributed by atoms with E-state index in [2.05, 4.69) is 10.0 Å². The number of aryl methyl sites for hydroxylation is 1. The molecule has 27 heavy (non-hydrogen) atoms. The number of rotatable bonds is 6. The second kappa shape index (κ2) is 7.93. The molecular weight excluding hydrogens is 375 g/mol. The topological polar surface area (TPSA) is 93.7 Å². The van der Waals surface area contributed by atoms with Crippen molar-refractivity contribution < 1.29 is 27.1 Å². The minimum atomic E-state index is -3.81. The highest BCUT2D eigenvalue weighted by Crippen LogP contribution is 2.32. The monoisotopic (exact) mass is 394 g/mol. The van der Waals surface area contributed by atoms with Gasteiger partial charge in [-0.15, -0.1) is 0 Å². The number of carbonyl (C=O) groups is 1. The largest absolute Gasteiger partial charge is 0.486 e. The van der Waals surface area contributed by atoms with Crippen LogP contribution >= 0.6 is 0 Å². The fourth-order valence-electron chi connectivity index (χ4n) is 2.51. The first kappa shape index (κ1) is 19.1. The predicted molar refractivity (Wildman–Crippen MR) is 97.0 cm³/mol. The summed E-state index contributed by atoms with van der Waals surface area (Å²) in [6.45, 7) is 2.31. The Morgan fingerprint density at radius 3 is 2.59 bits per heavy atom. The maximum atomic E-state index is 13.3. The van der Waals surface area contributed by atoms with Gasteiger partial charge >= 0.3 is 0 Å². The summed E-state index contributed by atoms with van der Waals surface area (Å²) in [6.07, 6.45) is -0.0617. The minimum absolute atomic E-state index is 0.0476. The van der Waals surface area contributed by atoms with Gasteiger partial charge < -0.3 is 14.8 Å². The van der Waals surface area contributed by atoms with Gasteiger partial charge in [0, 0.05) is 24.7 Å². The van der Waals surface area contributed by atoms with Crippen molar-refractivity contribution in [3.05, 3.63) is 47.8 Å². The van der Waals surface area contributed by atoms with Crippen molar-refractivity contribution in [2.45, 2.75) is 18.2 Å². The molecule has 1 amide bonds. The Kier molecular flexibility index (Phi) is 5.62. The molecule has 1 aliphatic rings. The van der Waals surface area contributed by atoms with Gasteiger partial charge in [-0.25, -0.2) is 17.5 Å². The summed E-state index contributed by atoms with van der Waals surface area (Å²) in [5.41, 5.74) is 0.760. The highest BCUT2D eigenvalue weighted by Gasteiger charge is 2.16. The number of benzene rings is 2. The molecule has 0 saturated heterocycles.